The van der Waals surface area contributed by atoms with Gasteiger partial charge in [-0.15, -0.1) is 0 Å². The molecular formula is C17H26O6. The molecular weight excluding hydrogens is 300 g/mol. The quantitative estimate of drug-likeness (QED) is 0.614. The lowest BCUT2D eigenvalue weighted by molar-refractivity contribution is -0.161. The molecule has 0 aromatic heterocycles. The van der Waals surface area contributed by atoms with Crippen LogP contribution in [0.1, 0.15) is 26.3 Å². The maximum Gasteiger partial charge on any atom is 0.311 e. The molecule has 0 aliphatic carbocycles. The Hall–Kier alpha value is -1.47. The van der Waals surface area contributed by atoms with Gasteiger partial charge in [-0.2, -0.15) is 0 Å². The molecule has 0 bridgehead atoms. The van der Waals surface area contributed by atoms with Gasteiger partial charge in [0.25, 0.3) is 0 Å². The highest BCUT2D eigenvalue weighted by Crippen LogP contribution is 2.15. The number of esters is 1. The Balaban J connectivity index is 2.31. The number of benzene rings is 1. The average Bonchev–Trinajstić information content (AvgIpc) is 2.51. The molecule has 0 saturated carbocycles. The van der Waals surface area contributed by atoms with E-state index in [1.54, 1.807) is 20.8 Å². The van der Waals surface area contributed by atoms with Gasteiger partial charge in [0.05, 0.1) is 18.6 Å². The predicted molar refractivity (Wildman–Crippen MR) is 84.5 cm³/mol. The molecule has 0 heterocycles. The number of carbonyl (C=O) groups excluding carboxylic acids is 1. The van der Waals surface area contributed by atoms with E-state index in [4.69, 9.17) is 9.47 Å². The number of aliphatic hydroxyl groups is 3. The number of hydrogen-bond donors (Lipinski definition) is 3. The molecule has 0 aliphatic rings. The lowest BCUT2D eigenvalue weighted by Crippen LogP contribution is -2.43. The highest BCUT2D eigenvalue weighted by molar-refractivity contribution is 5.75. The van der Waals surface area contributed by atoms with Crippen LogP contribution >= 0.6 is 0 Å². The first kappa shape index (κ1) is 19.6. The zero-order valence-electron chi connectivity index (χ0n) is 13.8. The summed E-state index contributed by atoms with van der Waals surface area (Å²) < 4.78 is 10.2. The maximum absolute atomic E-state index is 11.6. The molecule has 0 radical (unpaired) electrons. The average molecular weight is 326 g/mol. The molecule has 0 fully saturated rings. The van der Waals surface area contributed by atoms with E-state index in [0.717, 1.165) is 5.56 Å². The van der Waals surface area contributed by atoms with Crippen molar-refractivity contribution >= 4 is 5.97 Å². The van der Waals surface area contributed by atoms with Crippen molar-refractivity contribution in [1.29, 1.82) is 0 Å². The van der Waals surface area contributed by atoms with Crippen molar-refractivity contribution in [2.45, 2.75) is 45.7 Å². The van der Waals surface area contributed by atoms with Gasteiger partial charge in [-0.3, -0.25) is 4.79 Å². The second kappa shape index (κ2) is 8.98. The summed E-state index contributed by atoms with van der Waals surface area (Å²) in [6.07, 6.45) is -4.11. The van der Waals surface area contributed by atoms with Crippen LogP contribution in [-0.2, 0) is 20.9 Å². The van der Waals surface area contributed by atoms with Crippen molar-refractivity contribution in [3.8, 4) is 0 Å². The van der Waals surface area contributed by atoms with Crippen LogP contribution in [0.3, 0.4) is 0 Å². The van der Waals surface area contributed by atoms with Crippen LogP contribution in [-0.4, -0.2) is 52.8 Å². The van der Waals surface area contributed by atoms with Crippen LogP contribution in [0, 0.1) is 5.41 Å². The van der Waals surface area contributed by atoms with Crippen molar-refractivity contribution in [2.75, 3.05) is 13.2 Å². The lowest BCUT2D eigenvalue weighted by atomic mass is 9.97. The molecule has 1 aromatic rings. The zero-order chi connectivity index (χ0) is 17.5. The van der Waals surface area contributed by atoms with Crippen molar-refractivity contribution in [1.82, 2.24) is 0 Å². The third-order valence-electron chi connectivity index (χ3n) is 3.19. The minimum atomic E-state index is -1.46. The number of aliphatic hydroxyl groups excluding tert-OH is 3. The molecule has 6 heteroatoms. The van der Waals surface area contributed by atoms with Crippen LogP contribution in [0.15, 0.2) is 30.3 Å². The van der Waals surface area contributed by atoms with Gasteiger partial charge in [-0.25, -0.2) is 0 Å². The van der Waals surface area contributed by atoms with Gasteiger partial charge in [0.2, 0.25) is 0 Å². The summed E-state index contributed by atoms with van der Waals surface area (Å²) in [6.45, 7) is 4.83. The molecule has 0 amide bonds. The second-order valence-corrected chi connectivity index (χ2v) is 6.47. The summed E-state index contributed by atoms with van der Waals surface area (Å²) in [5.74, 6) is -0.487. The van der Waals surface area contributed by atoms with E-state index in [2.05, 4.69) is 0 Å². The number of hydrogen-bond acceptors (Lipinski definition) is 6. The predicted octanol–water partition coefficient (Wildman–Crippen LogP) is 0.875. The fourth-order valence-corrected chi connectivity index (χ4v) is 1.70. The van der Waals surface area contributed by atoms with E-state index < -0.39 is 29.7 Å². The largest absolute Gasteiger partial charge is 0.462 e. The normalized spacial score (nSPS) is 15.7. The standard InChI is InChI=1S/C17H26O6/c1-17(2,3)16(21)23-11-14(19)15(20)13(18)10-22-9-12-7-5-4-6-8-12/h4-8,13-15,18-20H,9-11H2,1-3H3/t13-,14+,15-/m0/s1. The third-order valence-corrected chi connectivity index (χ3v) is 3.19. The Labute approximate surface area is 136 Å². The van der Waals surface area contributed by atoms with Gasteiger partial charge in [-0.05, 0) is 26.3 Å². The number of rotatable bonds is 8. The van der Waals surface area contributed by atoms with Crippen molar-refractivity contribution in [2.24, 2.45) is 5.41 Å². The molecule has 0 spiro atoms. The third kappa shape index (κ3) is 7.09. The highest BCUT2D eigenvalue weighted by atomic mass is 16.5. The molecule has 1 aromatic carbocycles. The molecule has 6 nitrogen and oxygen atoms in total. The van der Waals surface area contributed by atoms with Crippen LogP contribution in [0.2, 0.25) is 0 Å². The summed E-state index contributed by atoms with van der Waals surface area (Å²) >= 11 is 0. The minimum Gasteiger partial charge on any atom is -0.462 e. The number of ether oxygens (including phenoxy) is 2. The molecule has 130 valence electrons. The SMILES string of the molecule is CC(C)(C)C(=O)OC[C@@H](O)[C@@H](O)[C@@H](O)COCc1ccccc1. The van der Waals surface area contributed by atoms with E-state index in [9.17, 15) is 20.1 Å². The molecule has 23 heavy (non-hydrogen) atoms. The van der Waals surface area contributed by atoms with Crippen LogP contribution in [0.25, 0.3) is 0 Å². The summed E-state index contributed by atoms with van der Waals surface area (Å²) in [6, 6.07) is 9.39. The first-order chi connectivity index (χ1) is 10.7. The van der Waals surface area contributed by atoms with Gasteiger partial charge in [0.15, 0.2) is 0 Å². The summed E-state index contributed by atoms with van der Waals surface area (Å²) in [7, 11) is 0. The minimum absolute atomic E-state index is 0.139. The van der Waals surface area contributed by atoms with E-state index in [1.165, 1.54) is 0 Å². The Morgan fingerprint density at radius 1 is 1.04 bits per heavy atom. The summed E-state index contributed by atoms with van der Waals surface area (Å²) in [4.78, 5) is 11.6. The monoisotopic (exact) mass is 326 g/mol. The molecule has 0 unspecified atom stereocenters. The van der Waals surface area contributed by atoms with E-state index >= 15 is 0 Å². The Morgan fingerprint density at radius 3 is 2.17 bits per heavy atom. The van der Waals surface area contributed by atoms with Gasteiger partial charge in [0.1, 0.15) is 24.9 Å². The van der Waals surface area contributed by atoms with E-state index in [0.29, 0.717) is 6.61 Å². The topological polar surface area (TPSA) is 96.2 Å². The van der Waals surface area contributed by atoms with E-state index in [1.807, 2.05) is 30.3 Å². The van der Waals surface area contributed by atoms with Gasteiger partial charge in [0, 0.05) is 0 Å². The van der Waals surface area contributed by atoms with E-state index in [-0.39, 0.29) is 13.2 Å². The van der Waals surface area contributed by atoms with Gasteiger partial charge in [-0.1, -0.05) is 30.3 Å². The molecule has 3 N–H and O–H groups in total. The van der Waals surface area contributed by atoms with Crippen molar-refractivity contribution in [3.05, 3.63) is 35.9 Å². The number of carbonyl (C=O) groups is 1. The molecule has 3 atom stereocenters. The fraction of sp³-hybridized carbons (Fsp3) is 0.588. The zero-order valence-corrected chi connectivity index (χ0v) is 13.8. The Morgan fingerprint density at radius 2 is 1.61 bits per heavy atom. The smallest absolute Gasteiger partial charge is 0.311 e. The van der Waals surface area contributed by atoms with Crippen LogP contribution in [0.5, 0.6) is 0 Å². The van der Waals surface area contributed by atoms with Crippen LogP contribution in [0.4, 0.5) is 0 Å². The van der Waals surface area contributed by atoms with Crippen molar-refractivity contribution in [3.63, 3.8) is 0 Å². The van der Waals surface area contributed by atoms with Gasteiger partial charge < -0.3 is 24.8 Å². The van der Waals surface area contributed by atoms with Crippen molar-refractivity contribution < 1.29 is 29.6 Å². The summed E-state index contributed by atoms with van der Waals surface area (Å²) in [5.41, 5.74) is 0.246. The maximum atomic E-state index is 11.6. The Bertz CT molecular complexity index is 468. The summed E-state index contributed by atoms with van der Waals surface area (Å²) in [5, 5.41) is 29.4. The second-order valence-electron chi connectivity index (χ2n) is 6.47. The molecule has 1 rings (SSSR count). The van der Waals surface area contributed by atoms with Gasteiger partial charge >= 0.3 is 5.97 Å². The first-order valence-corrected chi connectivity index (χ1v) is 7.55. The highest BCUT2D eigenvalue weighted by Gasteiger charge is 2.28. The first-order valence-electron chi connectivity index (χ1n) is 7.55. The fourth-order valence-electron chi connectivity index (χ4n) is 1.70. The van der Waals surface area contributed by atoms with Crippen LogP contribution < -0.4 is 0 Å². The molecule has 0 saturated heterocycles. The lowest BCUT2D eigenvalue weighted by Gasteiger charge is -2.24. The molecule has 0 aliphatic heterocycles. The Kier molecular flexibility index (Phi) is 7.64.